The molecule has 1 aromatic rings. The molecule has 0 saturated carbocycles. The van der Waals surface area contributed by atoms with Crippen LogP contribution in [0.15, 0.2) is 36.4 Å². The summed E-state index contributed by atoms with van der Waals surface area (Å²) in [5.74, 6) is 0.662. The summed E-state index contributed by atoms with van der Waals surface area (Å²) in [6.45, 7) is 9.70. The van der Waals surface area contributed by atoms with Gasteiger partial charge in [0.05, 0.1) is 0 Å². The van der Waals surface area contributed by atoms with Crippen LogP contribution in [0.2, 0.25) is 0 Å². The summed E-state index contributed by atoms with van der Waals surface area (Å²) < 4.78 is 0. The van der Waals surface area contributed by atoms with Gasteiger partial charge in [-0.3, -0.25) is 9.69 Å². The maximum atomic E-state index is 12.1. The van der Waals surface area contributed by atoms with Crippen molar-refractivity contribution in [1.82, 2.24) is 10.2 Å². The molecular weight excluding hydrogens is 322 g/mol. The Hall–Kier alpha value is -1.81. The van der Waals surface area contributed by atoms with Crippen LogP contribution in [0.4, 0.5) is 5.69 Å². The fourth-order valence-electron chi connectivity index (χ4n) is 3.94. The highest BCUT2D eigenvalue weighted by Crippen LogP contribution is 2.20. The van der Waals surface area contributed by atoms with Gasteiger partial charge in [-0.2, -0.15) is 0 Å². The van der Waals surface area contributed by atoms with E-state index in [9.17, 15) is 4.79 Å². The molecule has 1 saturated heterocycles. The van der Waals surface area contributed by atoms with E-state index in [-0.39, 0.29) is 11.9 Å². The molecule has 2 atom stereocenters. The summed E-state index contributed by atoms with van der Waals surface area (Å²) in [6.07, 6.45) is 8.32. The Kier molecular flexibility index (Phi) is 6.73. The summed E-state index contributed by atoms with van der Waals surface area (Å²) in [7, 11) is 0. The number of hydrogen-bond acceptors (Lipinski definition) is 3. The number of rotatable bonds is 7. The van der Waals surface area contributed by atoms with E-state index in [1.807, 2.05) is 0 Å². The molecule has 2 unspecified atom stereocenters. The first-order chi connectivity index (χ1) is 12.6. The number of carbonyl (C=O) groups excluding carboxylic acids is 1. The molecule has 1 aromatic carbocycles. The van der Waals surface area contributed by atoms with Crippen LogP contribution < -0.4 is 10.2 Å². The normalized spacial score (nSPS) is 21.8. The molecule has 4 nitrogen and oxygen atoms in total. The zero-order valence-corrected chi connectivity index (χ0v) is 16.3. The Morgan fingerprint density at radius 3 is 2.77 bits per heavy atom. The number of amides is 1. The first-order valence-electron chi connectivity index (χ1n) is 10.1. The molecule has 0 spiro atoms. The van der Waals surface area contributed by atoms with Gasteiger partial charge in [0.2, 0.25) is 5.91 Å². The number of hydrogen-bond donors (Lipinski definition) is 1. The molecule has 1 N–H and O–H groups in total. The number of piperazine rings is 1. The van der Waals surface area contributed by atoms with Crippen LogP contribution in [0.3, 0.4) is 0 Å². The highest BCUT2D eigenvalue weighted by molar-refractivity contribution is 5.76. The topological polar surface area (TPSA) is 35.6 Å². The second-order valence-corrected chi connectivity index (χ2v) is 7.89. The molecule has 0 bridgehead atoms. The Balaban J connectivity index is 1.34. The van der Waals surface area contributed by atoms with Crippen LogP contribution in [-0.4, -0.2) is 49.6 Å². The molecule has 4 heteroatoms. The minimum absolute atomic E-state index is 0.207. The van der Waals surface area contributed by atoms with Crippen molar-refractivity contribution in [2.75, 3.05) is 37.6 Å². The minimum Gasteiger partial charge on any atom is -0.369 e. The Labute approximate surface area is 158 Å². The molecule has 2 aliphatic rings. The average Bonchev–Trinajstić information content (AvgIpc) is 3.13. The summed E-state index contributed by atoms with van der Waals surface area (Å²) in [5, 5.41) is 3.18. The third kappa shape index (κ3) is 5.60. The number of nitrogens with one attached hydrogen (secondary N) is 1. The van der Waals surface area contributed by atoms with Gasteiger partial charge in [0.1, 0.15) is 0 Å². The second kappa shape index (κ2) is 9.22. The minimum atomic E-state index is 0.207. The summed E-state index contributed by atoms with van der Waals surface area (Å²) in [5.41, 5.74) is 2.66. The molecule has 0 radical (unpaired) electrons. The van der Waals surface area contributed by atoms with E-state index in [1.54, 1.807) is 0 Å². The fraction of sp³-hybridized carbons (Fsp3) is 0.591. The monoisotopic (exact) mass is 355 g/mol. The lowest BCUT2D eigenvalue weighted by molar-refractivity contribution is -0.122. The molecule has 1 amide bonds. The molecule has 1 heterocycles. The van der Waals surface area contributed by atoms with Gasteiger partial charge in [-0.05, 0) is 56.7 Å². The summed E-state index contributed by atoms with van der Waals surface area (Å²) in [4.78, 5) is 17.1. The van der Waals surface area contributed by atoms with E-state index in [0.717, 1.165) is 52.0 Å². The number of anilines is 1. The van der Waals surface area contributed by atoms with Crippen LogP contribution in [0.5, 0.6) is 0 Å². The largest absolute Gasteiger partial charge is 0.369 e. The van der Waals surface area contributed by atoms with Gasteiger partial charge in [-0.15, -0.1) is 0 Å². The van der Waals surface area contributed by atoms with Crippen LogP contribution in [0.1, 0.15) is 38.2 Å². The first kappa shape index (κ1) is 19.0. The van der Waals surface area contributed by atoms with Gasteiger partial charge in [0.15, 0.2) is 0 Å². The Morgan fingerprint density at radius 1 is 1.27 bits per heavy atom. The van der Waals surface area contributed by atoms with E-state index in [1.165, 1.54) is 11.3 Å². The second-order valence-electron chi connectivity index (χ2n) is 7.89. The maximum absolute atomic E-state index is 12.1. The SMILES string of the molecule is Cc1cccc(N2CCN(CCC(C)NC(=O)CC3C=CCC3)CC2)c1. The Morgan fingerprint density at radius 2 is 2.08 bits per heavy atom. The third-order valence-corrected chi connectivity index (χ3v) is 5.58. The van der Waals surface area contributed by atoms with E-state index in [2.05, 4.69) is 65.4 Å². The van der Waals surface area contributed by atoms with Crippen molar-refractivity contribution in [2.45, 2.75) is 45.6 Å². The van der Waals surface area contributed by atoms with Crippen LogP contribution in [0.25, 0.3) is 0 Å². The number of allylic oxidation sites excluding steroid dienone is 2. The number of aryl methyl sites for hydroxylation is 1. The van der Waals surface area contributed by atoms with E-state index < -0.39 is 0 Å². The van der Waals surface area contributed by atoms with Crippen LogP contribution in [0, 0.1) is 12.8 Å². The van der Waals surface area contributed by atoms with Gasteiger partial charge in [-0.1, -0.05) is 24.3 Å². The third-order valence-electron chi connectivity index (χ3n) is 5.58. The van der Waals surface area contributed by atoms with E-state index in [0.29, 0.717) is 12.3 Å². The molecular formula is C22H33N3O. The van der Waals surface area contributed by atoms with Crippen molar-refractivity contribution in [2.24, 2.45) is 5.92 Å². The predicted octanol–water partition coefficient (Wildman–Crippen LogP) is 3.37. The molecule has 1 fully saturated rings. The van der Waals surface area contributed by atoms with Crippen molar-refractivity contribution in [3.05, 3.63) is 42.0 Å². The van der Waals surface area contributed by atoms with Crippen LogP contribution in [-0.2, 0) is 4.79 Å². The predicted molar refractivity (Wildman–Crippen MR) is 109 cm³/mol. The van der Waals surface area contributed by atoms with E-state index >= 15 is 0 Å². The van der Waals surface area contributed by atoms with Gasteiger partial charge >= 0.3 is 0 Å². The van der Waals surface area contributed by atoms with Gasteiger partial charge in [-0.25, -0.2) is 0 Å². The molecule has 1 aliphatic heterocycles. The molecule has 142 valence electrons. The zero-order chi connectivity index (χ0) is 18.4. The number of nitrogens with zero attached hydrogens (tertiary/aromatic N) is 2. The smallest absolute Gasteiger partial charge is 0.220 e. The lowest BCUT2D eigenvalue weighted by atomic mass is 10.0. The molecule has 3 rings (SSSR count). The van der Waals surface area contributed by atoms with Crippen molar-refractivity contribution in [3.8, 4) is 0 Å². The lowest BCUT2D eigenvalue weighted by Crippen LogP contribution is -2.47. The van der Waals surface area contributed by atoms with Gasteiger partial charge in [0, 0.05) is 50.9 Å². The van der Waals surface area contributed by atoms with E-state index in [4.69, 9.17) is 0 Å². The standard InChI is InChI=1S/C22H33N3O/c1-18-6-5-9-21(16-18)25-14-12-24(13-15-25)11-10-19(2)23-22(26)17-20-7-3-4-8-20/h3,5-7,9,16,19-20H,4,8,10-15,17H2,1-2H3,(H,23,26). The fourth-order valence-corrected chi connectivity index (χ4v) is 3.94. The van der Waals surface area contributed by atoms with Gasteiger partial charge in [0.25, 0.3) is 0 Å². The quantitative estimate of drug-likeness (QED) is 0.762. The molecule has 1 aliphatic carbocycles. The van der Waals surface area contributed by atoms with Crippen molar-refractivity contribution in [3.63, 3.8) is 0 Å². The zero-order valence-electron chi connectivity index (χ0n) is 16.3. The maximum Gasteiger partial charge on any atom is 0.220 e. The molecule has 26 heavy (non-hydrogen) atoms. The van der Waals surface area contributed by atoms with Crippen molar-refractivity contribution >= 4 is 11.6 Å². The van der Waals surface area contributed by atoms with Crippen LogP contribution >= 0.6 is 0 Å². The summed E-state index contributed by atoms with van der Waals surface area (Å²) >= 11 is 0. The highest BCUT2D eigenvalue weighted by atomic mass is 16.1. The number of benzene rings is 1. The van der Waals surface area contributed by atoms with Gasteiger partial charge < -0.3 is 10.2 Å². The van der Waals surface area contributed by atoms with Crippen molar-refractivity contribution in [1.29, 1.82) is 0 Å². The Bertz CT molecular complexity index is 620. The number of carbonyl (C=O) groups is 1. The summed E-state index contributed by atoms with van der Waals surface area (Å²) in [6, 6.07) is 9.02. The average molecular weight is 356 g/mol. The first-order valence-corrected chi connectivity index (χ1v) is 10.1. The lowest BCUT2D eigenvalue weighted by Gasteiger charge is -2.36. The highest BCUT2D eigenvalue weighted by Gasteiger charge is 2.19. The van der Waals surface area contributed by atoms with Crippen molar-refractivity contribution < 1.29 is 4.79 Å². The molecule has 0 aromatic heterocycles.